The lowest BCUT2D eigenvalue weighted by Crippen LogP contribution is -2.59. The lowest BCUT2D eigenvalue weighted by Gasteiger charge is -2.63. The second kappa shape index (κ2) is 7.85. The predicted octanol–water partition coefficient (Wildman–Crippen LogP) is 5.68. The van der Waals surface area contributed by atoms with Gasteiger partial charge in [0.15, 0.2) is 0 Å². The minimum absolute atomic E-state index is 0.0354. The van der Waals surface area contributed by atoms with Gasteiger partial charge in [0.2, 0.25) is 0 Å². The molecule has 0 aromatic rings. The van der Waals surface area contributed by atoms with Crippen molar-refractivity contribution in [1.29, 1.82) is 0 Å². The highest BCUT2D eigenvalue weighted by molar-refractivity contribution is 8.21. The van der Waals surface area contributed by atoms with Gasteiger partial charge in [-0.3, -0.25) is 9.59 Å². The molecule has 8 atom stereocenters. The third-order valence-corrected chi connectivity index (χ3v) is 13.6. The van der Waals surface area contributed by atoms with Crippen LogP contribution in [-0.2, 0) is 19.1 Å². The van der Waals surface area contributed by atoms with Crippen molar-refractivity contribution >= 4 is 35.5 Å². The maximum Gasteiger partial charge on any atom is 0.302 e. The van der Waals surface area contributed by atoms with Crippen LogP contribution in [0, 0.1) is 34.5 Å². The first kappa shape index (κ1) is 22.4. The molecule has 4 saturated carbocycles. The van der Waals surface area contributed by atoms with Crippen molar-refractivity contribution in [2.75, 3.05) is 11.5 Å². The number of carbonyl (C=O) groups excluding carboxylic acids is 2. The summed E-state index contributed by atoms with van der Waals surface area (Å²) in [6.07, 6.45) is 9.57. The number of ether oxygens (including phenoxy) is 2. The second-order valence-electron chi connectivity index (χ2n) is 11.4. The monoisotopic (exact) mass is 466 g/mol. The first-order valence-electron chi connectivity index (χ1n) is 12.3. The van der Waals surface area contributed by atoms with E-state index in [0.717, 1.165) is 31.1 Å². The molecule has 8 unspecified atom stereocenters. The Bertz CT molecular complexity index is 750. The van der Waals surface area contributed by atoms with Crippen LogP contribution in [-0.4, -0.2) is 39.7 Å². The molecule has 6 heteroatoms. The van der Waals surface area contributed by atoms with E-state index < -0.39 is 0 Å². The molecule has 1 spiro atoms. The fraction of sp³-hybridized carbons (Fsp3) is 0.920. The van der Waals surface area contributed by atoms with Crippen LogP contribution in [0.1, 0.15) is 79.1 Å². The average molecular weight is 467 g/mol. The number of rotatable bonds is 2. The Hall–Kier alpha value is -0.360. The van der Waals surface area contributed by atoms with Gasteiger partial charge in [-0.15, -0.1) is 23.5 Å². The van der Waals surface area contributed by atoms with Crippen LogP contribution in [0.5, 0.6) is 0 Å². The Morgan fingerprint density at radius 3 is 2.10 bits per heavy atom. The number of carbonyl (C=O) groups is 2. The molecule has 5 fully saturated rings. The van der Waals surface area contributed by atoms with Crippen molar-refractivity contribution in [3.63, 3.8) is 0 Å². The summed E-state index contributed by atoms with van der Waals surface area (Å²) >= 11 is 4.12. The van der Waals surface area contributed by atoms with E-state index in [1.165, 1.54) is 43.6 Å². The molecule has 1 saturated heterocycles. The van der Waals surface area contributed by atoms with Gasteiger partial charge < -0.3 is 9.47 Å². The molecule has 5 rings (SSSR count). The van der Waals surface area contributed by atoms with Crippen LogP contribution in [0.4, 0.5) is 0 Å². The van der Waals surface area contributed by atoms with E-state index in [-0.39, 0.29) is 39.1 Å². The van der Waals surface area contributed by atoms with Gasteiger partial charge in [-0.25, -0.2) is 0 Å². The highest BCUT2D eigenvalue weighted by Crippen LogP contribution is 2.70. The molecule has 4 aliphatic carbocycles. The van der Waals surface area contributed by atoms with E-state index in [1.54, 1.807) is 13.8 Å². The Morgan fingerprint density at radius 1 is 0.774 bits per heavy atom. The molecule has 31 heavy (non-hydrogen) atoms. The lowest BCUT2D eigenvalue weighted by atomic mass is 9.45. The summed E-state index contributed by atoms with van der Waals surface area (Å²) in [6.45, 7) is 8.06. The van der Waals surface area contributed by atoms with Gasteiger partial charge in [-0.2, -0.15) is 0 Å². The van der Waals surface area contributed by atoms with E-state index >= 15 is 0 Å². The molecule has 0 aromatic heterocycles. The standard InChI is InChI=1S/C25H38O4S2/c1-15(26)28-21-8-7-19-18-6-5-17-13-25(30-11-12-31-25)22(29-16(2)27)14-24(17,4)20(18)9-10-23(19,21)3/h17-22H,5-14H2,1-4H3. The summed E-state index contributed by atoms with van der Waals surface area (Å²) in [6, 6.07) is 0. The topological polar surface area (TPSA) is 52.6 Å². The minimum atomic E-state index is -0.127. The van der Waals surface area contributed by atoms with E-state index in [1.807, 2.05) is 0 Å². The van der Waals surface area contributed by atoms with E-state index in [4.69, 9.17) is 9.47 Å². The summed E-state index contributed by atoms with van der Waals surface area (Å²) in [5.74, 6) is 4.91. The molecule has 0 aromatic carbocycles. The first-order chi connectivity index (χ1) is 14.7. The summed E-state index contributed by atoms with van der Waals surface area (Å²) in [4.78, 5) is 23.8. The van der Waals surface area contributed by atoms with Crippen molar-refractivity contribution in [3.05, 3.63) is 0 Å². The smallest absolute Gasteiger partial charge is 0.302 e. The number of esters is 2. The van der Waals surface area contributed by atoms with Gasteiger partial charge in [0.25, 0.3) is 0 Å². The molecule has 5 aliphatic rings. The normalized spacial score (nSPS) is 47.9. The number of fused-ring (bicyclic) bond motifs is 5. The zero-order valence-electron chi connectivity index (χ0n) is 19.5. The number of thioether (sulfide) groups is 2. The van der Waals surface area contributed by atoms with Gasteiger partial charge in [-0.1, -0.05) is 13.8 Å². The number of hydrogen-bond acceptors (Lipinski definition) is 6. The molecule has 1 heterocycles. The Balaban J connectivity index is 1.41. The van der Waals surface area contributed by atoms with Crippen LogP contribution < -0.4 is 0 Å². The Morgan fingerprint density at radius 2 is 1.42 bits per heavy atom. The third-order valence-electron chi connectivity index (χ3n) is 10.0. The molecule has 0 radical (unpaired) electrons. The van der Waals surface area contributed by atoms with Crippen molar-refractivity contribution in [3.8, 4) is 0 Å². The largest absolute Gasteiger partial charge is 0.462 e. The Kier molecular flexibility index (Phi) is 5.68. The van der Waals surface area contributed by atoms with Gasteiger partial charge >= 0.3 is 11.9 Å². The van der Waals surface area contributed by atoms with Crippen molar-refractivity contribution in [2.45, 2.75) is 95.3 Å². The maximum atomic E-state index is 12.0. The van der Waals surface area contributed by atoms with Crippen LogP contribution in [0.15, 0.2) is 0 Å². The predicted molar refractivity (Wildman–Crippen MR) is 126 cm³/mol. The molecule has 1 aliphatic heterocycles. The van der Waals surface area contributed by atoms with Gasteiger partial charge in [-0.05, 0) is 80.5 Å². The minimum Gasteiger partial charge on any atom is -0.462 e. The van der Waals surface area contributed by atoms with Crippen LogP contribution in [0.25, 0.3) is 0 Å². The molecular formula is C25H38O4S2. The maximum absolute atomic E-state index is 12.0. The third kappa shape index (κ3) is 3.48. The molecule has 174 valence electrons. The molecule has 4 nitrogen and oxygen atoms in total. The lowest BCUT2D eigenvalue weighted by molar-refractivity contribution is -0.171. The average Bonchev–Trinajstić information content (AvgIpc) is 3.28. The number of hydrogen-bond donors (Lipinski definition) is 0. The highest BCUT2D eigenvalue weighted by Gasteiger charge is 2.64. The molecule has 0 bridgehead atoms. The van der Waals surface area contributed by atoms with Crippen LogP contribution >= 0.6 is 23.5 Å². The summed E-state index contributed by atoms with van der Waals surface area (Å²) in [7, 11) is 0. The van der Waals surface area contributed by atoms with Gasteiger partial charge in [0.1, 0.15) is 12.2 Å². The SMILES string of the molecule is CC(=O)OC1CC2(C)C(CCC3C2CCC2(C)C(OC(C)=O)CCC32)CC12SCCS2. The van der Waals surface area contributed by atoms with Crippen LogP contribution in [0.2, 0.25) is 0 Å². The zero-order valence-corrected chi connectivity index (χ0v) is 21.1. The zero-order chi connectivity index (χ0) is 22.0. The summed E-state index contributed by atoms with van der Waals surface area (Å²) in [5.41, 5.74) is 0.386. The highest BCUT2D eigenvalue weighted by atomic mass is 32.2. The molecular weight excluding hydrogens is 428 g/mol. The summed E-state index contributed by atoms with van der Waals surface area (Å²) < 4.78 is 12.0. The summed E-state index contributed by atoms with van der Waals surface area (Å²) in [5, 5.41) is 0. The van der Waals surface area contributed by atoms with Crippen molar-refractivity contribution in [2.24, 2.45) is 34.5 Å². The van der Waals surface area contributed by atoms with Gasteiger partial charge in [0, 0.05) is 30.8 Å². The van der Waals surface area contributed by atoms with E-state index in [0.29, 0.717) is 11.8 Å². The van der Waals surface area contributed by atoms with Crippen LogP contribution in [0.3, 0.4) is 0 Å². The fourth-order valence-corrected chi connectivity index (χ4v) is 12.1. The van der Waals surface area contributed by atoms with Gasteiger partial charge in [0.05, 0.1) is 4.08 Å². The molecule has 0 N–H and O–H groups in total. The Labute approximate surface area is 195 Å². The first-order valence-corrected chi connectivity index (χ1v) is 14.3. The quantitative estimate of drug-likeness (QED) is 0.488. The second-order valence-corrected chi connectivity index (χ2v) is 14.5. The van der Waals surface area contributed by atoms with Crippen molar-refractivity contribution < 1.29 is 19.1 Å². The molecule has 0 amide bonds. The van der Waals surface area contributed by atoms with E-state index in [2.05, 4.69) is 37.4 Å². The van der Waals surface area contributed by atoms with Crippen molar-refractivity contribution in [1.82, 2.24) is 0 Å². The van der Waals surface area contributed by atoms with E-state index in [9.17, 15) is 9.59 Å². The fourth-order valence-electron chi connectivity index (χ4n) is 8.67.